The fourth-order valence-electron chi connectivity index (χ4n) is 2.16. The number of hydrogen-bond donors (Lipinski definition) is 2. The van der Waals surface area contributed by atoms with Gasteiger partial charge in [0.15, 0.2) is 12.8 Å². The number of alkyl halides is 3. The van der Waals surface area contributed by atoms with Crippen molar-refractivity contribution in [3.8, 4) is 5.75 Å². The molecule has 23 heavy (non-hydrogen) atoms. The standard InChI is InChI=1S/C14H11ClF3N3O2/c15-10-5-8(1-2-11(10)23-6-14(16,17)18)21-7-20-12-9(13(21)22)3-4-19-12/h1-5,7,13,19,22H,6H2. The Balaban J connectivity index is 1.81. The first-order valence-corrected chi connectivity index (χ1v) is 6.90. The highest BCUT2D eigenvalue weighted by Crippen LogP contribution is 2.36. The predicted molar refractivity (Wildman–Crippen MR) is 79.4 cm³/mol. The molecule has 0 spiro atoms. The molecule has 1 aliphatic rings. The SMILES string of the molecule is OC1c2cc[nH]c2N=CN1c1ccc(OCC(F)(F)F)c(Cl)c1. The zero-order valence-corrected chi connectivity index (χ0v) is 12.3. The summed E-state index contributed by atoms with van der Waals surface area (Å²) in [4.78, 5) is 8.46. The first-order chi connectivity index (χ1) is 10.8. The third kappa shape index (κ3) is 3.27. The molecule has 9 heteroatoms. The fourth-order valence-corrected chi connectivity index (χ4v) is 2.39. The van der Waals surface area contributed by atoms with Crippen molar-refractivity contribution in [3.05, 3.63) is 41.0 Å². The number of aliphatic hydroxyl groups is 1. The number of anilines is 1. The van der Waals surface area contributed by atoms with Crippen molar-refractivity contribution in [2.45, 2.75) is 12.4 Å². The third-order valence-electron chi connectivity index (χ3n) is 3.21. The van der Waals surface area contributed by atoms with E-state index in [1.807, 2.05) is 0 Å². The Hall–Kier alpha value is -2.19. The number of hydrogen-bond acceptors (Lipinski definition) is 4. The van der Waals surface area contributed by atoms with E-state index in [4.69, 9.17) is 11.6 Å². The van der Waals surface area contributed by atoms with Gasteiger partial charge in [0.25, 0.3) is 0 Å². The molecule has 0 radical (unpaired) electrons. The van der Waals surface area contributed by atoms with Gasteiger partial charge in [0.2, 0.25) is 0 Å². The highest BCUT2D eigenvalue weighted by molar-refractivity contribution is 6.32. The molecular formula is C14H11ClF3N3O2. The van der Waals surface area contributed by atoms with Crippen molar-refractivity contribution in [1.82, 2.24) is 4.98 Å². The van der Waals surface area contributed by atoms with E-state index < -0.39 is 19.0 Å². The van der Waals surface area contributed by atoms with Gasteiger partial charge in [0, 0.05) is 17.4 Å². The zero-order valence-electron chi connectivity index (χ0n) is 11.5. The molecule has 0 fully saturated rings. The van der Waals surface area contributed by atoms with E-state index in [2.05, 4.69) is 14.7 Å². The topological polar surface area (TPSA) is 60.8 Å². The van der Waals surface area contributed by atoms with Crippen LogP contribution >= 0.6 is 11.6 Å². The number of aromatic nitrogens is 1. The molecule has 2 heterocycles. The Morgan fingerprint density at radius 1 is 1.35 bits per heavy atom. The maximum atomic E-state index is 12.2. The largest absolute Gasteiger partial charge is 0.483 e. The molecule has 5 nitrogen and oxygen atoms in total. The summed E-state index contributed by atoms with van der Waals surface area (Å²) < 4.78 is 41.2. The van der Waals surface area contributed by atoms with Crippen molar-refractivity contribution in [1.29, 1.82) is 0 Å². The van der Waals surface area contributed by atoms with Crippen molar-refractivity contribution < 1.29 is 23.0 Å². The van der Waals surface area contributed by atoms with Gasteiger partial charge in [-0.15, -0.1) is 0 Å². The maximum absolute atomic E-state index is 12.2. The Morgan fingerprint density at radius 2 is 2.13 bits per heavy atom. The van der Waals surface area contributed by atoms with Crippen molar-refractivity contribution >= 4 is 29.4 Å². The molecule has 1 aromatic carbocycles. The van der Waals surface area contributed by atoms with Gasteiger partial charge in [0.1, 0.15) is 11.6 Å². The van der Waals surface area contributed by atoms with Crippen LogP contribution in [0.1, 0.15) is 11.8 Å². The van der Waals surface area contributed by atoms with E-state index in [1.165, 1.54) is 29.4 Å². The number of benzene rings is 1. The molecule has 0 bridgehead atoms. The number of fused-ring (bicyclic) bond motifs is 1. The van der Waals surface area contributed by atoms with Crippen molar-refractivity contribution in [2.75, 3.05) is 11.5 Å². The van der Waals surface area contributed by atoms with E-state index in [1.54, 1.807) is 12.3 Å². The first-order valence-electron chi connectivity index (χ1n) is 6.52. The zero-order chi connectivity index (χ0) is 16.6. The van der Waals surface area contributed by atoms with E-state index >= 15 is 0 Å². The van der Waals surface area contributed by atoms with Gasteiger partial charge in [-0.1, -0.05) is 11.6 Å². The number of nitrogens with one attached hydrogen (secondary N) is 1. The number of halogens is 4. The van der Waals surface area contributed by atoms with Crippen LogP contribution in [0.3, 0.4) is 0 Å². The van der Waals surface area contributed by atoms with Crippen LogP contribution in [-0.4, -0.2) is 29.2 Å². The van der Waals surface area contributed by atoms with Gasteiger partial charge in [-0.3, -0.25) is 0 Å². The number of ether oxygens (including phenoxy) is 1. The number of aromatic amines is 1. The van der Waals surface area contributed by atoms with Crippen molar-refractivity contribution in [2.24, 2.45) is 4.99 Å². The molecule has 0 saturated heterocycles. The van der Waals surface area contributed by atoms with Crippen LogP contribution < -0.4 is 9.64 Å². The van der Waals surface area contributed by atoms with E-state index in [9.17, 15) is 18.3 Å². The quantitative estimate of drug-likeness (QED) is 0.890. The molecular weight excluding hydrogens is 335 g/mol. The minimum absolute atomic E-state index is 0.00668. The van der Waals surface area contributed by atoms with E-state index in [0.717, 1.165) is 0 Å². The molecule has 1 aliphatic heterocycles. The lowest BCUT2D eigenvalue weighted by Gasteiger charge is -2.28. The lowest BCUT2D eigenvalue weighted by molar-refractivity contribution is -0.153. The average Bonchev–Trinajstić information content (AvgIpc) is 2.95. The van der Waals surface area contributed by atoms with Crippen LogP contribution in [0.25, 0.3) is 0 Å². The Kier molecular flexibility index (Phi) is 3.95. The molecule has 0 saturated carbocycles. The second kappa shape index (κ2) is 5.78. The maximum Gasteiger partial charge on any atom is 0.422 e. The molecule has 122 valence electrons. The summed E-state index contributed by atoms with van der Waals surface area (Å²) in [6.45, 7) is -1.42. The van der Waals surface area contributed by atoms with Crippen LogP contribution in [0.5, 0.6) is 5.75 Å². The van der Waals surface area contributed by atoms with Gasteiger partial charge >= 0.3 is 6.18 Å². The number of rotatable bonds is 3. The Bertz CT molecular complexity index is 745. The Labute approximate surface area is 134 Å². The molecule has 3 rings (SSSR count). The van der Waals surface area contributed by atoms with Crippen molar-refractivity contribution in [3.63, 3.8) is 0 Å². The first kappa shape index (κ1) is 15.7. The number of H-pyrrole nitrogens is 1. The summed E-state index contributed by atoms with van der Waals surface area (Å²) in [7, 11) is 0. The van der Waals surface area contributed by atoms with Gasteiger partial charge in [-0.05, 0) is 24.3 Å². The summed E-state index contributed by atoms with van der Waals surface area (Å²) in [6, 6.07) is 5.90. The second-order valence-electron chi connectivity index (χ2n) is 4.83. The molecule has 0 aliphatic carbocycles. The predicted octanol–water partition coefficient (Wildman–Crippen LogP) is 3.78. The summed E-state index contributed by atoms with van der Waals surface area (Å²) >= 11 is 5.95. The minimum atomic E-state index is -4.44. The van der Waals surface area contributed by atoms with Crippen LogP contribution in [0, 0.1) is 0 Å². The number of nitrogens with zero attached hydrogens (tertiary/aromatic N) is 2. The van der Waals surface area contributed by atoms with Gasteiger partial charge < -0.3 is 19.7 Å². The highest BCUT2D eigenvalue weighted by atomic mass is 35.5. The lowest BCUT2D eigenvalue weighted by atomic mass is 10.2. The van der Waals surface area contributed by atoms with Crippen LogP contribution in [0.15, 0.2) is 35.5 Å². The van der Waals surface area contributed by atoms with Crippen LogP contribution in [0.4, 0.5) is 24.7 Å². The van der Waals surface area contributed by atoms with Gasteiger partial charge in [0.05, 0.1) is 11.4 Å². The molecule has 2 N–H and O–H groups in total. The van der Waals surface area contributed by atoms with E-state index in [0.29, 0.717) is 17.1 Å². The van der Waals surface area contributed by atoms with Crippen LogP contribution in [-0.2, 0) is 0 Å². The minimum Gasteiger partial charge on any atom is -0.483 e. The number of aliphatic imine (C=N–C) groups is 1. The number of aliphatic hydroxyl groups excluding tert-OH is 1. The summed E-state index contributed by atoms with van der Waals surface area (Å²) in [5.41, 5.74) is 1.05. The van der Waals surface area contributed by atoms with Crippen LogP contribution in [0.2, 0.25) is 5.02 Å². The third-order valence-corrected chi connectivity index (χ3v) is 3.51. The normalized spacial score (nSPS) is 17.3. The highest BCUT2D eigenvalue weighted by Gasteiger charge is 2.29. The molecule has 1 unspecified atom stereocenters. The monoisotopic (exact) mass is 345 g/mol. The fraction of sp³-hybridized carbons (Fsp3) is 0.214. The second-order valence-corrected chi connectivity index (χ2v) is 5.23. The lowest BCUT2D eigenvalue weighted by Crippen LogP contribution is -2.29. The molecule has 0 amide bonds. The molecule has 2 aromatic rings. The smallest absolute Gasteiger partial charge is 0.422 e. The Morgan fingerprint density at radius 3 is 2.83 bits per heavy atom. The molecule has 1 aromatic heterocycles. The summed E-state index contributed by atoms with van der Waals surface area (Å²) in [5, 5.41) is 10.3. The average molecular weight is 346 g/mol. The van der Waals surface area contributed by atoms with Gasteiger partial charge in [-0.25, -0.2) is 4.99 Å². The summed E-state index contributed by atoms with van der Waals surface area (Å²) in [6.07, 6.45) is -2.37. The molecule has 1 atom stereocenters. The summed E-state index contributed by atoms with van der Waals surface area (Å²) in [5.74, 6) is 0.462. The van der Waals surface area contributed by atoms with E-state index in [-0.39, 0.29) is 10.8 Å². The van der Waals surface area contributed by atoms with Gasteiger partial charge in [-0.2, -0.15) is 13.2 Å².